The quantitative estimate of drug-likeness (QED) is 0.0387. The Balaban J connectivity index is 0. The van der Waals surface area contributed by atoms with E-state index in [1.54, 1.807) is 19.2 Å². The van der Waals surface area contributed by atoms with Gasteiger partial charge in [-0.25, -0.2) is 9.59 Å². The van der Waals surface area contributed by atoms with E-state index in [9.17, 15) is 34.8 Å². The monoisotopic (exact) mass is 583 g/mol. The number of nitrogens with two attached hydrogens (primary N) is 1. The molecule has 0 aromatic rings. The second kappa shape index (κ2) is 19.4. The molecule has 0 rings (SSSR count). The summed E-state index contributed by atoms with van der Waals surface area (Å²) in [6, 6.07) is 0. The van der Waals surface area contributed by atoms with Crippen LogP contribution in [0.1, 0.15) is 118 Å². The van der Waals surface area contributed by atoms with E-state index in [4.69, 9.17) is 9.47 Å². The molecule has 5 nitrogen and oxygen atoms in total. The fourth-order valence-electron chi connectivity index (χ4n) is 3.35. The molecule has 0 saturated carbocycles. The molecular weight excluding hydrogens is 535 g/mol. The third-order valence-electron chi connectivity index (χ3n) is 5.10. The number of esters is 2. The Kier molecular flexibility index (Phi) is 19.7. The minimum absolute atomic E-state index is 0.355. The maximum atomic E-state index is 11.9. The van der Waals surface area contributed by atoms with Gasteiger partial charge < -0.3 is 9.47 Å². The van der Waals surface area contributed by atoms with Crippen molar-refractivity contribution in [1.29, 1.82) is 0 Å². The summed E-state index contributed by atoms with van der Waals surface area (Å²) in [5, 5.41) is 1.72. The van der Waals surface area contributed by atoms with Crippen molar-refractivity contribution in [2.45, 2.75) is 130 Å². The first kappa shape index (κ1) is 38.5. The van der Waals surface area contributed by atoms with Crippen LogP contribution in [0.4, 0.5) is 25.2 Å². The van der Waals surface area contributed by atoms with Crippen LogP contribution in [0.25, 0.3) is 0 Å². The van der Waals surface area contributed by atoms with Crippen molar-refractivity contribution in [3.8, 4) is 0 Å². The summed E-state index contributed by atoms with van der Waals surface area (Å²) in [6.45, 7) is 7.98. The molecule has 0 spiro atoms. The van der Waals surface area contributed by atoms with E-state index in [1.807, 2.05) is 12.2 Å². The van der Waals surface area contributed by atoms with E-state index in [0.717, 1.165) is 25.7 Å². The molecule has 0 aliphatic rings. The summed E-state index contributed by atoms with van der Waals surface area (Å²) < 4.78 is 69.8. The van der Waals surface area contributed by atoms with Crippen LogP contribution in [0, 0.1) is 0 Å². The zero-order chi connectivity index (χ0) is 29.6. The van der Waals surface area contributed by atoms with Gasteiger partial charge in [0.2, 0.25) is 12.5 Å². The molecular formula is C26H48F6NO4P. The van der Waals surface area contributed by atoms with Crippen molar-refractivity contribution in [3.05, 3.63) is 24.3 Å². The van der Waals surface area contributed by atoms with Crippen molar-refractivity contribution in [1.82, 2.24) is 0 Å². The minimum atomic E-state index is -10.7. The Hall–Kier alpha value is -1.61. The van der Waals surface area contributed by atoms with E-state index >= 15 is 0 Å². The number of hydrogen-bond acceptors (Lipinski definition) is 4. The van der Waals surface area contributed by atoms with Crippen molar-refractivity contribution in [2.75, 3.05) is 0 Å². The number of hydrogen-bond donors (Lipinski definition) is 1. The normalized spacial score (nSPS) is 15.3. The van der Waals surface area contributed by atoms with Crippen LogP contribution < -0.4 is 5.32 Å². The predicted molar refractivity (Wildman–Crippen MR) is 141 cm³/mol. The Bertz CT molecular complexity index is 644. The number of carbonyl (C=O) groups is 2. The van der Waals surface area contributed by atoms with Gasteiger partial charge in [0.25, 0.3) is 0 Å². The Morgan fingerprint density at radius 1 is 0.632 bits per heavy atom. The van der Waals surface area contributed by atoms with Gasteiger partial charge in [0.1, 0.15) is 0 Å². The molecule has 12 heteroatoms. The van der Waals surface area contributed by atoms with Gasteiger partial charge in [0.05, 0.1) is 0 Å². The standard InChI is InChI=1S/C26H47NO4.F6P/c1-5-7-9-11-13-15-17-19-21-25(28)30-23(3)27-24(4)31-26(29)22-20-18-16-14-12-10-8-6-2;1-7(2,3,4,5)6/h19-24,27H,5-18H2,1-4H3;/q;-1/p+1/b21-19+,22-20+;. The van der Waals surface area contributed by atoms with Gasteiger partial charge in [0, 0.05) is 26.0 Å². The van der Waals surface area contributed by atoms with Gasteiger partial charge in [-0.1, -0.05) is 90.2 Å². The molecule has 0 fully saturated rings. The second-order valence-corrected chi connectivity index (χ2v) is 11.3. The first-order chi connectivity index (χ1) is 17.4. The summed E-state index contributed by atoms with van der Waals surface area (Å²) in [5.41, 5.74) is 0. The summed E-state index contributed by atoms with van der Waals surface area (Å²) >= 11 is 0. The number of carbonyl (C=O) groups excluding carboxylic acids is 2. The zero-order valence-electron chi connectivity index (χ0n) is 23.3. The number of rotatable bonds is 20. The van der Waals surface area contributed by atoms with Gasteiger partial charge in [-0.2, -0.15) is 0 Å². The number of ether oxygens (including phenoxy) is 2. The fourth-order valence-corrected chi connectivity index (χ4v) is 3.35. The van der Waals surface area contributed by atoms with Crippen LogP contribution in [-0.4, -0.2) is 24.4 Å². The molecule has 0 bridgehead atoms. The summed E-state index contributed by atoms with van der Waals surface area (Å²) in [4.78, 5) is 23.7. The fraction of sp³-hybridized carbons (Fsp3) is 0.769. The first-order valence-corrected chi connectivity index (χ1v) is 15.6. The van der Waals surface area contributed by atoms with Crippen LogP contribution in [0.15, 0.2) is 24.3 Å². The van der Waals surface area contributed by atoms with E-state index in [-0.39, 0.29) is 11.9 Å². The molecule has 0 radical (unpaired) electrons. The molecule has 38 heavy (non-hydrogen) atoms. The topological polar surface area (TPSA) is 69.2 Å². The molecule has 2 unspecified atom stereocenters. The zero-order valence-corrected chi connectivity index (χ0v) is 24.2. The molecule has 0 amide bonds. The number of halogens is 6. The van der Waals surface area contributed by atoms with E-state index in [2.05, 4.69) is 13.8 Å². The van der Waals surface area contributed by atoms with E-state index < -0.39 is 20.3 Å². The molecule has 0 aromatic heterocycles. The third-order valence-corrected chi connectivity index (χ3v) is 5.10. The molecule has 2 N–H and O–H groups in total. The molecule has 228 valence electrons. The summed E-state index contributed by atoms with van der Waals surface area (Å²) in [6.07, 6.45) is 22.6. The van der Waals surface area contributed by atoms with Crippen LogP contribution in [0.5, 0.6) is 0 Å². The molecule has 2 atom stereocenters. The first-order valence-electron chi connectivity index (χ1n) is 13.6. The third kappa shape index (κ3) is 41.5. The van der Waals surface area contributed by atoms with Gasteiger partial charge in [-0.05, 0) is 25.7 Å². The second-order valence-electron chi connectivity index (χ2n) is 9.35. The van der Waals surface area contributed by atoms with Crippen molar-refractivity contribution in [2.24, 2.45) is 0 Å². The Labute approximate surface area is 224 Å². The Morgan fingerprint density at radius 2 is 0.921 bits per heavy atom. The van der Waals surface area contributed by atoms with Crippen LogP contribution in [0.3, 0.4) is 0 Å². The molecule has 0 saturated heterocycles. The average molecular weight is 584 g/mol. The number of allylic oxidation sites excluding steroid dienone is 2. The number of unbranched alkanes of at least 4 members (excludes halogenated alkanes) is 12. The SMILES string of the molecule is CCCCCCCC/C=C/C(=O)OC(C)[NH2+]C(C)OC(=O)/C=C/CCCCCCCC.F[P-](F)(F)(F)(F)F. The summed E-state index contributed by atoms with van der Waals surface area (Å²) in [5.74, 6) is -0.709. The van der Waals surface area contributed by atoms with E-state index in [1.165, 1.54) is 76.4 Å². The number of quaternary nitrogens is 1. The van der Waals surface area contributed by atoms with Crippen molar-refractivity contribution < 1.29 is 49.6 Å². The molecule has 0 aromatic carbocycles. The Morgan fingerprint density at radius 3 is 1.24 bits per heavy atom. The average Bonchev–Trinajstić information content (AvgIpc) is 2.75. The van der Waals surface area contributed by atoms with E-state index in [0.29, 0.717) is 0 Å². The van der Waals surface area contributed by atoms with Crippen molar-refractivity contribution in [3.63, 3.8) is 0 Å². The van der Waals surface area contributed by atoms with Crippen molar-refractivity contribution >= 4 is 19.7 Å². The summed E-state index contributed by atoms with van der Waals surface area (Å²) in [7, 11) is -10.7. The van der Waals surface area contributed by atoms with Crippen LogP contribution in [-0.2, 0) is 19.1 Å². The van der Waals surface area contributed by atoms with Gasteiger partial charge in [0.15, 0.2) is 0 Å². The van der Waals surface area contributed by atoms with Gasteiger partial charge in [-0.3, -0.25) is 5.32 Å². The molecule has 0 heterocycles. The molecule has 0 aliphatic carbocycles. The van der Waals surface area contributed by atoms with Crippen LogP contribution >= 0.6 is 7.81 Å². The van der Waals surface area contributed by atoms with Gasteiger partial charge in [-0.15, -0.1) is 0 Å². The maximum absolute atomic E-state index is 11.9. The van der Waals surface area contributed by atoms with Gasteiger partial charge >= 0.3 is 44.9 Å². The molecule has 0 aliphatic heterocycles. The predicted octanol–water partition coefficient (Wildman–Crippen LogP) is 9.32. The van der Waals surface area contributed by atoms with Crippen LogP contribution in [0.2, 0.25) is 0 Å².